The molecule has 1 aliphatic heterocycles. The van der Waals surface area contributed by atoms with Crippen LogP contribution in [0.1, 0.15) is 80.1 Å². The lowest BCUT2D eigenvalue weighted by Gasteiger charge is -2.45. The summed E-state index contributed by atoms with van der Waals surface area (Å²) in [6.45, 7) is 21.8. The van der Waals surface area contributed by atoms with Gasteiger partial charge < -0.3 is 16.0 Å². The predicted molar refractivity (Wildman–Crippen MR) is 129 cm³/mol. The largest absolute Gasteiger partial charge is 0.364 e. The Bertz CT molecular complexity index is 747. The number of nitrogens with two attached hydrogens (primary N) is 1. The molecule has 5 nitrogen and oxygen atoms in total. The molecular weight excluding hydrogens is 403 g/mol. The maximum atomic E-state index is 16.1. The number of nitrogens with one attached hydrogen (secondary N) is 1. The summed E-state index contributed by atoms with van der Waals surface area (Å²) < 4.78 is 16.1. The Kier molecular flexibility index (Phi) is 6.78. The highest BCUT2D eigenvalue weighted by Crippen LogP contribution is 2.65. The SMILES string of the molecule is C=C(NC1(CN)CCCCCC1)N(F)C(C(=C)N1C[C@H]2[C@@H](C1C(C)=O)C2(C)C)C(C)(C)C. The van der Waals surface area contributed by atoms with E-state index in [0.29, 0.717) is 24.1 Å². The molecule has 2 aliphatic carbocycles. The molecule has 1 saturated heterocycles. The Morgan fingerprint density at radius 3 is 2.25 bits per heavy atom. The van der Waals surface area contributed by atoms with Crippen molar-refractivity contribution >= 4 is 5.78 Å². The van der Waals surface area contributed by atoms with E-state index in [1.807, 2.05) is 20.8 Å². The number of Topliss-reactive ketones (excluding diaryl/α,β-unsaturated/α-hetero) is 1. The second-order valence-electron chi connectivity index (χ2n) is 12.2. The number of hydrogen-bond donors (Lipinski definition) is 2. The number of likely N-dealkylation sites (tertiary alicyclic amines) is 1. The molecule has 6 heteroatoms. The molecule has 0 spiro atoms. The minimum Gasteiger partial charge on any atom is -0.364 e. The smallest absolute Gasteiger partial charge is 0.152 e. The minimum absolute atomic E-state index is 0.139. The molecular formula is C26H45FN4O. The van der Waals surface area contributed by atoms with Gasteiger partial charge in [0.15, 0.2) is 5.78 Å². The van der Waals surface area contributed by atoms with Crippen molar-refractivity contribution in [3.8, 4) is 0 Å². The third-order valence-corrected chi connectivity index (χ3v) is 8.48. The van der Waals surface area contributed by atoms with Crippen LogP contribution in [0, 0.1) is 22.7 Å². The van der Waals surface area contributed by atoms with Crippen molar-refractivity contribution in [1.82, 2.24) is 15.3 Å². The molecule has 2 saturated carbocycles. The van der Waals surface area contributed by atoms with Crippen molar-refractivity contribution in [3.63, 3.8) is 0 Å². The first-order valence-electron chi connectivity index (χ1n) is 12.3. The van der Waals surface area contributed by atoms with Crippen LogP contribution in [0.4, 0.5) is 4.48 Å². The summed E-state index contributed by atoms with van der Waals surface area (Å²) in [7, 11) is 0. The summed E-state index contributed by atoms with van der Waals surface area (Å²) in [6.07, 6.45) is 6.41. The Labute approximate surface area is 194 Å². The molecule has 0 aromatic rings. The second kappa shape index (κ2) is 8.66. The highest BCUT2D eigenvalue weighted by molar-refractivity contribution is 5.83. The van der Waals surface area contributed by atoms with E-state index in [4.69, 9.17) is 5.73 Å². The van der Waals surface area contributed by atoms with Crippen molar-refractivity contribution in [1.29, 1.82) is 0 Å². The van der Waals surface area contributed by atoms with Crippen molar-refractivity contribution in [3.05, 3.63) is 24.7 Å². The van der Waals surface area contributed by atoms with E-state index in [9.17, 15) is 4.79 Å². The molecule has 182 valence electrons. The topological polar surface area (TPSA) is 61.6 Å². The molecule has 0 aromatic heterocycles. The first-order chi connectivity index (χ1) is 14.8. The summed E-state index contributed by atoms with van der Waals surface area (Å²) >= 11 is 0. The van der Waals surface area contributed by atoms with Crippen LogP contribution in [0.2, 0.25) is 0 Å². The lowest BCUT2D eigenvalue weighted by molar-refractivity contribution is -0.122. The van der Waals surface area contributed by atoms with Gasteiger partial charge in [0, 0.05) is 18.8 Å². The third-order valence-electron chi connectivity index (χ3n) is 8.48. The van der Waals surface area contributed by atoms with Crippen molar-refractivity contribution < 1.29 is 9.28 Å². The number of carbonyl (C=O) groups excluding carboxylic acids is 1. The van der Waals surface area contributed by atoms with E-state index < -0.39 is 11.5 Å². The zero-order chi connectivity index (χ0) is 24.1. The van der Waals surface area contributed by atoms with E-state index in [0.717, 1.165) is 37.4 Å². The Morgan fingerprint density at radius 1 is 1.22 bits per heavy atom. The number of nitrogens with zero attached hydrogens (tertiary/aromatic N) is 2. The zero-order valence-electron chi connectivity index (χ0n) is 21.1. The Hall–Kier alpha value is -1.56. The fourth-order valence-corrected chi connectivity index (χ4v) is 6.48. The molecule has 1 heterocycles. The molecule has 0 bridgehead atoms. The molecule has 0 radical (unpaired) electrons. The molecule has 3 aliphatic rings. The van der Waals surface area contributed by atoms with Crippen molar-refractivity contribution in [2.75, 3.05) is 13.1 Å². The average Bonchev–Trinajstić information content (AvgIpc) is 3.06. The average molecular weight is 449 g/mol. The van der Waals surface area contributed by atoms with Crippen LogP contribution in [0.15, 0.2) is 24.7 Å². The number of fused-ring (bicyclic) bond motifs is 1. The van der Waals surface area contributed by atoms with Gasteiger partial charge in [-0.15, -0.1) is 0 Å². The molecule has 3 fully saturated rings. The molecule has 2 unspecified atom stereocenters. The number of halogens is 1. The van der Waals surface area contributed by atoms with Gasteiger partial charge in [-0.1, -0.05) is 77.9 Å². The number of hydrogen-bond acceptors (Lipinski definition) is 5. The van der Waals surface area contributed by atoms with Crippen LogP contribution in [0.3, 0.4) is 0 Å². The summed E-state index contributed by atoms with van der Waals surface area (Å²) in [5.74, 6) is 1.15. The van der Waals surface area contributed by atoms with E-state index in [2.05, 4.69) is 37.2 Å². The predicted octanol–water partition coefficient (Wildman–Crippen LogP) is 4.76. The van der Waals surface area contributed by atoms with Crippen molar-refractivity contribution in [2.45, 2.75) is 97.7 Å². The summed E-state index contributed by atoms with van der Waals surface area (Å²) in [4.78, 5) is 14.7. The lowest BCUT2D eigenvalue weighted by Crippen LogP contribution is -2.55. The van der Waals surface area contributed by atoms with Crippen LogP contribution < -0.4 is 11.1 Å². The van der Waals surface area contributed by atoms with E-state index in [1.54, 1.807) is 6.92 Å². The quantitative estimate of drug-likeness (QED) is 0.414. The first kappa shape index (κ1) is 25.1. The van der Waals surface area contributed by atoms with E-state index in [-0.39, 0.29) is 28.6 Å². The van der Waals surface area contributed by atoms with Crippen LogP contribution in [0.25, 0.3) is 0 Å². The van der Waals surface area contributed by atoms with Crippen molar-refractivity contribution in [2.24, 2.45) is 28.4 Å². The second-order valence-corrected chi connectivity index (χ2v) is 12.2. The van der Waals surface area contributed by atoms with Crippen LogP contribution in [-0.2, 0) is 4.79 Å². The summed E-state index contributed by atoms with van der Waals surface area (Å²) in [6, 6.07) is -0.857. The maximum absolute atomic E-state index is 16.1. The lowest BCUT2D eigenvalue weighted by atomic mass is 9.83. The Morgan fingerprint density at radius 2 is 1.78 bits per heavy atom. The van der Waals surface area contributed by atoms with Gasteiger partial charge in [-0.3, -0.25) is 4.79 Å². The number of rotatable bonds is 8. The summed E-state index contributed by atoms with van der Waals surface area (Å²) in [5.41, 5.74) is 6.23. The Balaban J connectivity index is 1.81. The molecule has 3 rings (SSSR count). The fraction of sp³-hybridized carbons (Fsp3) is 0.808. The van der Waals surface area contributed by atoms with Gasteiger partial charge in [0.25, 0.3) is 0 Å². The molecule has 0 amide bonds. The third kappa shape index (κ3) is 4.44. The fourth-order valence-electron chi connectivity index (χ4n) is 6.48. The van der Waals surface area contributed by atoms with Gasteiger partial charge in [-0.05, 0) is 42.4 Å². The van der Waals surface area contributed by atoms with Gasteiger partial charge in [-0.25, -0.2) is 0 Å². The van der Waals surface area contributed by atoms with E-state index >= 15 is 4.48 Å². The molecule has 32 heavy (non-hydrogen) atoms. The minimum atomic E-state index is -0.634. The highest BCUT2D eigenvalue weighted by atomic mass is 19.2. The van der Waals surface area contributed by atoms with Gasteiger partial charge >= 0.3 is 0 Å². The zero-order valence-corrected chi connectivity index (χ0v) is 21.1. The normalized spacial score (nSPS) is 29.5. The highest BCUT2D eigenvalue weighted by Gasteiger charge is 2.68. The first-order valence-corrected chi connectivity index (χ1v) is 12.3. The molecule has 3 N–H and O–H groups in total. The van der Waals surface area contributed by atoms with Crippen LogP contribution in [-0.4, -0.2) is 46.5 Å². The standard InChI is InChI=1S/C26H45FN4O/c1-17(30-15-20-21(25(20,7)8)22(30)18(2)32)23(24(4,5)6)31(27)19(3)29-26(16-28)13-11-9-10-12-14-26/h20-23,29H,1,3,9-16,28H2,2,4-8H3/t20-,21-,22?,23?/m0/s1. The van der Waals surface area contributed by atoms with Crippen LogP contribution in [0.5, 0.6) is 0 Å². The van der Waals surface area contributed by atoms with Gasteiger partial charge in [0.1, 0.15) is 11.9 Å². The summed E-state index contributed by atoms with van der Waals surface area (Å²) in [5, 5.41) is 4.14. The van der Waals surface area contributed by atoms with Gasteiger partial charge in [-0.2, -0.15) is 5.12 Å². The van der Waals surface area contributed by atoms with Gasteiger partial charge in [0.05, 0.1) is 11.6 Å². The number of piperidine rings is 1. The van der Waals surface area contributed by atoms with Crippen LogP contribution >= 0.6 is 0 Å². The van der Waals surface area contributed by atoms with Gasteiger partial charge in [0.2, 0.25) is 0 Å². The maximum Gasteiger partial charge on any atom is 0.152 e. The van der Waals surface area contributed by atoms with E-state index in [1.165, 1.54) is 12.8 Å². The molecule has 0 aromatic carbocycles. The number of carbonyl (C=O) groups is 1. The monoisotopic (exact) mass is 448 g/mol. The number of ketones is 1. The molecule has 4 atom stereocenters.